The first kappa shape index (κ1) is 20.8. The third kappa shape index (κ3) is 4.22. The Morgan fingerprint density at radius 2 is 1.71 bits per heavy atom. The van der Waals surface area contributed by atoms with Gasteiger partial charge in [-0.05, 0) is 54.1 Å². The Balaban J connectivity index is 1.90. The lowest BCUT2D eigenvalue weighted by molar-refractivity contribution is -0.137. The Hall–Kier alpha value is -3.45. The maximum absolute atomic E-state index is 13.6. The van der Waals surface area contributed by atoms with Crippen molar-refractivity contribution in [2.75, 3.05) is 0 Å². The summed E-state index contributed by atoms with van der Waals surface area (Å²) in [7, 11) is 0. The molecule has 4 rings (SSSR count). The van der Waals surface area contributed by atoms with E-state index in [1.165, 1.54) is 41.0 Å². The zero-order valence-electron chi connectivity index (χ0n) is 15.7. The van der Waals surface area contributed by atoms with Crippen LogP contribution in [0.15, 0.2) is 71.5 Å². The molecule has 0 saturated carbocycles. The SMILES string of the molecule is O=c1c2ccccc2nc(C=Cc2cccc(C(F)(F)F)c2)n1-c1ccc(F)c(Cl)c1. The molecule has 0 unspecified atom stereocenters. The fraction of sp³-hybridized carbons (Fsp3) is 0.0435. The number of fused-ring (bicyclic) bond motifs is 1. The zero-order chi connectivity index (χ0) is 22.2. The van der Waals surface area contributed by atoms with E-state index in [0.717, 1.165) is 18.2 Å². The van der Waals surface area contributed by atoms with Gasteiger partial charge in [-0.1, -0.05) is 41.9 Å². The lowest BCUT2D eigenvalue weighted by atomic mass is 10.1. The fourth-order valence-corrected chi connectivity index (χ4v) is 3.30. The van der Waals surface area contributed by atoms with Crippen molar-refractivity contribution in [3.05, 3.63) is 105 Å². The molecule has 8 heteroatoms. The molecule has 1 heterocycles. The first-order valence-corrected chi connectivity index (χ1v) is 9.44. The van der Waals surface area contributed by atoms with Gasteiger partial charge in [0.05, 0.1) is 27.2 Å². The monoisotopic (exact) mass is 444 g/mol. The third-order valence-corrected chi connectivity index (χ3v) is 4.89. The molecule has 31 heavy (non-hydrogen) atoms. The van der Waals surface area contributed by atoms with E-state index in [9.17, 15) is 22.4 Å². The van der Waals surface area contributed by atoms with Crippen LogP contribution in [0.25, 0.3) is 28.7 Å². The van der Waals surface area contributed by atoms with Gasteiger partial charge >= 0.3 is 6.18 Å². The highest BCUT2D eigenvalue weighted by atomic mass is 35.5. The molecule has 0 atom stereocenters. The van der Waals surface area contributed by atoms with Gasteiger partial charge in [0.2, 0.25) is 0 Å². The standard InChI is InChI=1S/C23H13ClF4N2O/c24-18-13-16(9-10-19(18)25)30-21(29-20-7-2-1-6-17(20)22(30)31)11-8-14-4-3-5-15(12-14)23(26,27)28/h1-13H. The van der Waals surface area contributed by atoms with Gasteiger partial charge in [-0.15, -0.1) is 0 Å². The van der Waals surface area contributed by atoms with E-state index in [-0.39, 0.29) is 22.1 Å². The van der Waals surface area contributed by atoms with E-state index in [2.05, 4.69) is 4.98 Å². The van der Waals surface area contributed by atoms with Gasteiger partial charge in [0.1, 0.15) is 11.6 Å². The van der Waals surface area contributed by atoms with Crippen molar-refractivity contribution in [1.82, 2.24) is 9.55 Å². The quantitative estimate of drug-likeness (QED) is 0.344. The average Bonchev–Trinajstić information content (AvgIpc) is 2.74. The number of hydrogen-bond acceptors (Lipinski definition) is 2. The molecule has 0 N–H and O–H groups in total. The summed E-state index contributed by atoms with van der Waals surface area (Å²) in [6.07, 6.45) is -1.62. The Morgan fingerprint density at radius 1 is 0.935 bits per heavy atom. The smallest absolute Gasteiger partial charge is 0.268 e. The van der Waals surface area contributed by atoms with Crippen LogP contribution in [0.4, 0.5) is 17.6 Å². The van der Waals surface area contributed by atoms with Gasteiger partial charge in [0.15, 0.2) is 0 Å². The summed E-state index contributed by atoms with van der Waals surface area (Å²) in [5, 5.41) is 0.157. The Bertz CT molecular complexity index is 1380. The van der Waals surface area contributed by atoms with Crippen LogP contribution < -0.4 is 5.56 Å². The van der Waals surface area contributed by atoms with E-state index in [1.54, 1.807) is 24.3 Å². The minimum absolute atomic E-state index is 0.156. The summed E-state index contributed by atoms with van der Waals surface area (Å²) in [5.74, 6) is -0.489. The van der Waals surface area contributed by atoms with E-state index in [0.29, 0.717) is 10.9 Å². The predicted octanol–water partition coefficient (Wildman–Crippen LogP) is 6.37. The lowest BCUT2D eigenvalue weighted by Crippen LogP contribution is -2.22. The summed E-state index contributed by atoms with van der Waals surface area (Å²) in [4.78, 5) is 17.6. The number of alkyl halides is 3. The molecule has 4 aromatic rings. The van der Waals surface area contributed by atoms with Crippen LogP contribution >= 0.6 is 11.6 Å². The van der Waals surface area contributed by atoms with Crippen LogP contribution in [0.5, 0.6) is 0 Å². The van der Waals surface area contributed by atoms with Gasteiger partial charge in [-0.2, -0.15) is 13.2 Å². The molecule has 0 amide bonds. The molecular weight excluding hydrogens is 432 g/mol. The number of hydrogen-bond donors (Lipinski definition) is 0. The Morgan fingerprint density at radius 3 is 2.45 bits per heavy atom. The van der Waals surface area contributed by atoms with Crippen molar-refractivity contribution in [2.45, 2.75) is 6.18 Å². The van der Waals surface area contributed by atoms with Gasteiger partial charge in [-0.25, -0.2) is 9.37 Å². The summed E-state index contributed by atoms with van der Waals surface area (Å²) in [5.41, 5.74) is -0.235. The van der Waals surface area contributed by atoms with Crippen molar-refractivity contribution >= 4 is 34.7 Å². The van der Waals surface area contributed by atoms with Gasteiger partial charge < -0.3 is 0 Å². The third-order valence-electron chi connectivity index (χ3n) is 4.60. The predicted molar refractivity (Wildman–Crippen MR) is 113 cm³/mol. The maximum Gasteiger partial charge on any atom is 0.416 e. The molecule has 156 valence electrons. The normalized spacial score (nSPS) is 12.0. The van der Waals surface area contributed by atoms with Crippen molar-refractivity contribution < 1.29 is 17.6 Å². The Labute approximate surface area is 178 Å². The molecule has 0 radical (unpaired) electrons. The minimum atomic E-state index is -4.47. The number of para-hydroxylation sites is 1. The second-order valence-corrected chi connectivity index (χ2v) is 7.09. The molecule has 3 aromatic carbocycles. The number of benzene rings is 3. The highest BCUT2D eigenvalue weighted by Gasteiger charge is 2.30. The molecule has 0 saturated heterocycles. The second-order valence-electron chi connectivity index (χ2n) is 6.68. The minimum Gasteiger partial charge on any atom is -0.268 e. The molecule has 0 aliphatic carbocycles. The van der Waals surface area contributed by atoms with Crippen molar-refractivity contribution in [2.24, 2.45) is 0 Å². The van der Waals surface area contributed by atoms with Crippen LogP contribution in [-0.4, -0.2) is 9.55 Å². The summed E-state index contributed by atoms with van der Waals surface area (Å²) in [6.45, 7) is 0. The molecule has 0 aliphatic heterocycles. The highest BCUT2D eigenvalue weighted by Crippen LogP contribution is 2.30. The number of halogens is 5. The van der Waals surface area contributed by atoms with Crippen molar-refractivity contribution in [3.8, 4) is 5.69 Å². The van der Waals surface area contributed by atoms with Gasteiger partial charge in [0.25, 0.3) is 5.56 Å². The summed E-state index contributed by atoms with van der Waals surface area (Å²) < 4.78 is 53.8. The van der Waals surface area contributed by atoms with E-state index < -0.39 is 23.1 Å². The highest BCUT2D eigenvalue weighted by molar-refractivity contribution is 6.30. The van der Waals surface area contributed by atoms with E-state index in [4.69, 9.17) is 11.6 Å². The first-order valence-electron chi connectivity index (χ1n) is 9.06. The summed E-state index contributed by atoms with van der Waals surface area (Å²) in [6, 6.07) is 15.2. The average molecular weight is 445 g/mol. The molecule has 0 spiro atoms. The second kappa shape index (κ2) is 8.00. The van der Waals surface area contributed by atoms with Gasteiger partial charge in [0, 0.05) is 0 Å². The summed E-state index contributed by atoms with van der Waals surface area (Å²) >= 11 is 5.88. The molecule has 1 aromatic heterocycles. The van der Waals surface area contributed by atoms with Crippen LogP contribution in [0.3, 0.4) is 0 Å². The van der Waals surface area contributed by atoms with Crippen molar-refractivity contribution in [3.63, 3.8) is 0 Å². The largest absolute Gasteiger partial charge is 0.416 e. The van der Waals surface area contributed by atoms with E-state index >= 15 is 0 Å². The molecule has 3 nitrogen and oxygen atoms in total. The molecular formula is C23H13ClF4N2O. The van der Waals surface area contributed by atoms with E-state index in [1.807, 2.05) is 0 Å². The first-order chi connectivity index (χ1) is 14.7. The number of rotatable bonds is 3. The fourth-order valence-electron chi connectivity index (χ4n) is 3.12. The van der Waals surface area contributed by atoms with Crippen molar-refractivity contribution in [1.29, 1.82) is 0 Å². The van der Waals surface area contributed by atoms with Crippen LogP contribution in [-0.2, 0) is 6.18 Å². The molecule has 0 aliphatic rings. The van der Waals surface area contributed by atoms with Gasteiger partial charge in [-0.3, -0.25) is 9.36 Å². The molecule has 0 fully saturated rings. The topological polar surface area (TPSA) is 34.9 Å². The zero-order valence-corrected chi connectivity index (χ0v) is 16.5. The number of nitrogens with zero attached hydrogens (tertiary/aromatic N) is 2. The van der Waals surface area contributed by atoms with Crippen LogP contribution in [0.1, 0.15) is 17.0 Å². The van der Waals surface area contributed by atoms with Crippen LogP contribution in [0.2, 0.25) is 5.02 Å². The Kier molecular flexibility index (Phi) is 5.37. The van der Waals surface area contributed by atoms with Crippen LogP contribution in [0, 0.1) is 5.82 Å². The number of aromatic nitrogens is 2. The lowest BCUT2D eigenvalue weighted by Gasteiger charge is -2.12. The molecule has 0 bridgehead atoms. The maximum atomic E-state index is 13.6.